The molecule has 0 bridgehead atoms. The maximum atomic E-state index is 14.7. The van der Waals surface area contributed by atoms with Crippen LogP contribution in [-0.2, 0) is 6.42 Å². The van der Waals surface area contributed by atoms with Crippen molar-refractivity contribution in [3.63, 3.8) is 0 Å². The topological polar surface area (TPSA) is 90.3 Å². The third-order valence-electron chi connectivity index (χ3n) is 5.59. The molecule has 1 amide bonds. The number of halogens is 1. The Bertz CT molecular complexity index is 978. The van der Waals surface area contributed by atoms with Gasteiger partial charge in [-0.2, -0.15) is 5.26 Å². The molecule has 2 aromatic rings. The second-order valence-corrected chi connectivity index (χ2v) is 7.89. The van der Waals surface area contributed by atoms with Gasteiger partial charge in [0, 0.05) is 31.1 Å². The minimum atomic E-state index is -0.679. The molecule has 28 heavy (non-hydrogen) atoms. The summed E-state index contributed by atoms with van der Waals surface area (Å²) < 4.78 is 14.7. The fourth-order valence-corrected chi connectivity index (χ4v) is 3.74. The summed E-state index contributed by atoms with van der Waals surface area (Å²) in [5.74, 6) is -0.625. The number of amides is 1. The van der Waals surface area contributed by atoms with E-state index in [0.717, 1.165) is 24.8 Å². The number of benzene rings is 2. The summed E-state index contributed by atoms with van der Waals surface area (Å²) in [7, 11) is 0. The molecule has 0 spiro atoms. The normalized spacial score (nSPS) is 20.1. The molecular formula is C22H22FN3O2. The van der Waals surface area contributed by atoms with Gasteiger partial charge in [0.1, 0.15) is 5.82 Å². The van der Waals surface area contributed by atoms with Crippen LogP contribution < -0.4 is 5.73 Å². The van der Waals surface area contributed by atoms with Crippen LogP contribution >= 0.6 is 0 Å². The first-order chi connectivity index (χ1) is 13.4. The lowest BCUT2D eigenvalue weighted by Crippen LogP contribution is -2.32. The summed E-state index contributed by atoms with van der Waals surface area (Å²) in [6, 6.07) is 11.7. The van der Waals surface area contributed by atoms with Gasteiger partial charge in [-0.1, -0.05) is 18.2 Å². The van der Waals surface area contributed by atoms with E-state index in [2.05, 4.69) is 6.07 Å². The van der Waals surface area contributed by atoms with Crippen LogP contribution in [0.1, 0.15) is 40.7 Å². The number of rotatable bonds is 4. The molecule has 1 heterocycles. The maximum Gasteiger partial charge on any atom is 0.255 e. The van der Waals surface area contributed by atoms with Gasteiger partial charge < -0.3 is 15.7 Å². The van der Waals surface area contributed by atoms with E-state index in [4.69, 9.17) is 5.73 Å². The van der Waals surface area contributed by atoms with Crippen LogP contribution in [0.25, 0.3) is 11.1 Å². The van der Waals surface area contributed by atoms with Gasteiger partial charge in [0.15, 0.2) is 0 Å². The van der Waals surface area contributed by atoms with E-state index in [1.54, 1.807) is 35.2 Å². The highest BCUT2D eigenvalue weighted by Gasteiger charge is 2.40. The molecule has 144 valence electrons. The molecule has 0 aromatic heterocycles. The molecule has 1 saturated heterocycles. The monoisotopic (exact) mass is 379 g/mol. The maximum absolute atomic E-state index is 14.7. The summed E-state index contributed by atoms with van der Waals surface area (Å²) >= 11 is 0. The molecule has 2 aromatic carbocycles. The molecule has 6 heteroatoms. The Morgan fingerprint density at radius 2 is 2.11 bits per heavy atom. The molecule has 5 nitrogen and oxygen atoms in total. The van der Waals surface area contributed by atoms with E-state index >= 15 is 0 Å². The number of hydrogen-bond donors (Lipinski definition) is 2. The Hall–Kier alpha value is -2.75. The van der Waals surface area contributed by atoms with Crippen molar-refractivity contribution in [3.8, 4) is 17.2 Å². The first-order valence-electron chi connectivity index (χ1n) is 9.49. The van der Waals surface area contributed by atoms with Crippen molar-refractivity contribution in [2.24, 2.45) is 5.73 Å². The molecule has 1 aliphatic heterocycles. The lowest BCUT2D eigenvalue weighted by atomic mass is 9.96. The predicted molar refractivity (Wildman–Crippen MR) is 103 cm³/mol. The molecule has 1 atom stereocenters. The highest BCUT2D eigenvalue weighted by atomic mass is 19.1. The second kappa shape index (κ2) is 7.01. The summed E-state index contributed by atoms with van der Waals surface area (Å²) in [6.07, 6.45) is 2.69. The Morgan fingerprint density at radius 1 is 1.32 bits per heavy atom. The van der Waals surface area contributed by atoms with Crippen LogP contribution in [0.15, 0.2) is 36.4 Å². The highest BCUT2D eigenvalue weighted by Crippen LogP contribution is 2.38. The standard InChI is InChI=1S/C22H22FN3O2/c23-20-9-14(11-22(28)6-7-22)1-3-18(20)15-2-4-19(16(10-15)12-24)21(27)26-8-5-17(25)13-26/h1-4,9-10,17,28H,5-8,11,13,25H2/t17-/m0/s1. The molecule has 0 radical (unpaired) electrons. The molecule has 2 aliphatic rings. The van der Waals surface area contributed by atoms with Crippen LogP contribution in [-0.4, -0.2) is 40.6 Å². The third kappa shape index (κ3) is 3.64. The van der Waals surface area contributed by atoms with E-state index in [1.807, 2.05) is 0 Å². The van der Waals surface area contributed by atoms with Crippen LogP contribution in [0.3, 0.4) is 0 Å². The third-order valence-corrected chi connectivity index (χ3v) is 5.59. The SMILES string of the molecule is N#Cc1cc(-c2ccc(CC3(O)CC3)cc2F)ccc1C(=O)N1CC[C@H](N)C1. The molecule has 3 N–H and O–H groups in total. The van der Waals surface area contributed by atoms with Crippen LogP contribution in [0.2, 0.25) is 0 Å². The Kier molecular flexibility index (Phi) is 4.66. The number of carbonyl (C=O) groups excluding carboxylic acids is 1. The van der Waals surface area contributed by atoms with E-state index in [-0.39, 0.29) is 17.5 Å². The van der Waals surface area contributed by atoms with Gasteiger partial charge in [-0.15, -0.1) is 0 Å². The van der Waals surface area contributed by atoms with Crippen LogP contribution in [0.4, 0.5) is 4.39 Å². The molecule has 0 unspecified atom stereocenters. The van der Waals surface area contributed by atoms with Crippen molar-refractivity contribution in [2.75, 3.05) is 13.1 Å². The fraction of sp³-hybridized carbons (Fsp3) is 0.364. The number of aliphatic hydroxyl groups is 1. The fourth-order valence-electron chi connectivity index (χ4n) is 3.74. The first-order valence-corrected chi connectivity index (χ1v) is 9.49. The number of likely N-dealkylation sites (tertiary alicyclic amines) is 1. The zero-order valence-electron chi connectivity index (χ0n) is 15.5. The average molecular weight is 379 g/mol. The lowest BCUT2D eigenvalue weighted by molar-refractivity contribution is 0.0790. The molecule has 1 saturated carbocycles. The van der Waals surface area contributed by atoms with Gasteiger partial charge in [0.25, 0.3) is 5.91 Å². The summed E-state index contributed by atoms with van der Waals surface area (Å²) in [6.45, 7) is 1.06. The van der Waals surface area contributed by atoms with Gasteiger partial charge in [0.2, 0.25) is 0 Å². The molecular weight excluding hydrogens is 357 g/mol. The molecule has 4 rings (SSSR count). The lowest BCUT2D eigenvalue weighted by Gasteiger charge is -2.17. The van der Waals surface area contributed by atoms with Crippen LogP contribution in [0.5, 0.6) is 0 Å². The zero-order chi connectivity index (χ0) is 19.9. The summed E-state index contributed by atoms with van der Waals surface area (Å²) in [5, 5.41) is 19.5. The van der Waals surface area contributed by atoms with E-state index in [1.165, 1.54) is 6.07 Å². The number of hydrogen-bond acceptors (Lipinski definition) is 4. The number of carbonyl (C=O) groups is 1. The van der Waals surface area contributed by atoms with Gasteiger partial charge in [-0.05, 0) is 48.6 Å². The Labute approximate surface area is 163 Å². The van der Waals surface area contributed by atoms with Gasteiger partial charge in [-0.25, -0.2) is 4.39 Å². The van der Waals surface area contributed by atoms with Crippen molar-refractivity contribution in [3.05, 3.63) is 58.9 Å². The van der Waals surface area contributed by atoms with Crippen LogP contribution in [0, 0.1) is 17.1 Å². The largest absolute Gasteiger partial charge is 0.390 e. The van der Waals surface area contributed by atoms with Crippen molar-refractivity contribution in [2.45, 2.75) is 37.3 Å². The smallest absolute Gasteiger partial charge is 0.255 e. The van der Waals surface area contributed by atoms with Crippen molar-refractivity contribution >= 4 is 5.91 Å². The second-order valence-electron chi connectivity index (χ2n) is 7.89. The molecule has 1 aliphatic carbocycles. The average Bonchev–Trinajstić information content (AvgIpc) is 3.23. The minimum Gasteiger partial charge on any atom is -0.390 e. The van der Waals surface area contributed by atoms with Crippen molar-refractivity contribution in [1.82, 2.24) is 4.90 Å². The first kappa shape index (κ1) is 18.6. The Morgan fingerprint density at radius 3 is 2.71 bits per heavy atom. The van der Waals surface area contributed by atoms with E-state index < -0.39 is 11.4 Å². The summed E-state index contributed by atoms with van der Waals surface area (Å²) in [5.41, 5.74) is 7.38. The van der Waals surface area contributed by atoms with E-state index in [0.29, 0.717) is 36.2 Å². The number of nitrogens with two attached hydrogens (primary N) is 1. The quantitative estimate of drug-likeness (QED) is 0.854. The predicted octanol–water partition coefficient (Wildman–Crippen LogP) is 2.60. The highest BCUT2D eigenvalue weighted by molar-refractivity contribution is 5.97. The number of nitrogens with zero attached hydrogens (tertiary/aromatic N) is 2. The summed E-state index contributed by atoms with van der Waals surface area (Å²) in [4.78, 5) is 14.3. The van der Waals surface area contributed by atoms with E-state index in [9.17, 15) is 19.6 Å². The van der Waals surface area contributed by atoms with Crippen molar-refractivity contribution < 1.29 is 14.3 Å². The molecule has 2 fully saturated rings. The van der Waals surface area contributed by atoms with Gasteiger partial charge in [-0.3, -0.25) is 4.79 Å². The minimum absolute atomic E-state index is 0.0323. The van der Waals surface area contributed by atoms with Crippen molar-refractivity contribution in [1.29, 1.82) is 5.26 Å². The Balaban J connectivity index is 1.60. The number of nitriles is 1. The van der Waals surface area contributed by atoms with Gasteiger partial charge >= 0.3 is 0 Å². The van der Waals surface area contributed by atoms with Gasteiger partial charge in [0.05, 0.1) is 22.8 Å². The zero-order valence-corrected chi connectivity index (χ0v) is 15.5.